The first-order chi connectivity index (χ1) is 8.58. The third kappa shape index (κ3) is 3.19. The molecule has 5 heteroatoms. The molecule has 0 spiro atoms. The van der Waals surface area contributed by atoms with Crippen molar-refractivity contribution in [1.29, 1.82) is 0 Å². The zero-order chi connectivity index (χ0) is 13.1. The molecule has 94 valence electrons. The topological polar surface area (TPSA) is 51.8 Å². The van der Waals surface area contributed by atoms with Crippen molar-refractivity contribution in [2.75, 3.05) is 6.54 Å². The van der Waals surface area contributed by atoms with E-state index in [1.807, 2.05) is 13.0 Å². The van der Waals surface area contributed by atoms with E-state index in [2.05, 4.69) is 9.97 Å². The van der Waals surface area contributed by atoms with E-state index in [0.29, 0.717) is 22.4 Å². The molecular weight excluding hydrogens is 269 g/mol. The maximum Gasteiger partial charge on any atom is 0.159 e. The molecule has 0 saturated heterocycles. The van der Waals surface area contributed by atoms with Crippen molar-refractivity contribution in [2.24, 2.45) is 5.73 Å². The molecule has 2 aromatic rings. The van der Waals surface area contributed by atoms with Crippen LogP contribution in [0.3, 0.4) is 0 Å². The smallest absolute Gasteiger partial charge is 0.159 e. The first-order valence-electron chi connectivity index (χ1n) is 5.59. The van der Waals surface area contributed by atoms with Crippen molar-refractivity contribution in [3.8, 4) is 11.4 Å². The Morgan fingerprint density at radius 1 is 1.06 bits per heavy atom. The van der Waals surface area contributed by atoms with Gasteiger partial charge in [0, 0.05) is 33.4 Å². The number of benzene rings is 1. The van der Waals surface area contributed by atoms with Crippen molar-refractivity contribution in [1.82, 2.24) is 9.97 Å². The predicted molar refractivity (Wildman–Crippen MR) is 75.0 cm³/mol. The van der Waals surface area contributed by atoms with E-state index < -0.39 is 0 Å². The molecule has 0 saturated carbocycles. The van der Waals surface area contributed by atoms with E-state index in [4.69, 9.17) is 28.9 Å². The molecule has 3 nitrogen and oxygen atoms in total. The van der Waals surface area contributed by atoms with Gasteiger partial charge >= 0.3 is 0 Å². The van der Waals surface area contributed by atoms with Gasteiger partial charge in [-0.3, -0.25) is 0 Å². The van der Waals surface area contributed by atoms with Crippen LogP contribution >= 0.6 is 23.2 Å². The van der Waals surface area contributed by atoms with E-state index >= 15 is 0 Å². The Bertz CT molecular complexity index is 550. The zero-order valence-electron chi connectivity index (χ0n) is 9.95. The quantitative estimate of drug-likeness (QED) is 0.940. The fourth-order valence-electron chi connectivity index (χ4n) is 1.72. The van der Waals surface area contributed by atoms with Gasteiger partial charge in [0.25, 0.3) is 0 Å². The van der Waals surface area contributed by atoms with Crippen LogP contribution in [0.2, 0.25) is 10.0 Å². The standard InChI is InChI=1S/C13H13Cl2N3/c1-8-4-12(2-3-16)18-13(17-8)9-5-10(14)7-11(15)6-9/h4-7H,2-3,16H2,1H3. The van der Waals surface area contributed by atoms with Gasteiger partial charge in [0.1, 0.15) is 0 Å². The Balaban J connectivity index is 2.49. The summed E-state index contributed by atoms with van der Waals surface area (Å²) in [5.41, 5.74) is 8.19. The van der Waals surface area contributed by atoms with E-state index in [1.165, 1.54) is 0 Å². The van der Waals surface area contributed by atoms with Gasteiger partial charge in [-0.1, -0.05) is 23.2 Å². The maximum absolute atomic E-state index is 5.98. The lowest BCUT2D eigenvalue weighted by molar-refractivity contribution is 0.905. The van der Waals surface area contributed by atoms with Gasteiger partial charge in [-0.05, 0) is 37.7 Å². The number of hydrogen-bond donors (Lipinski definition) is 1. The molecule has 0 bridgehead atoms. The van der Waals surface area contributed by atoms with E-state index in [1.54, 1.807) is 18.2 Å². The number of nitrogens with zero attached hydrogens (tertiary/aromatic N) is 2. The summed E-state index contributed by atoms with van der Waals surface area (Å²) in [5.74, 6) is 0.628. The molecule has 2 N–H and O–H groups in total. The highest BCUT2D eigenvalue weighted by Crippen LogP contribution is 2.25. The highest BCUT2D eigenvalue weighted by Gasteiger charge is 2.07. The molecule has 0 aliphatic carbocycles. The van der Waals surface area contributed by atoms with Crippen molar-refractivity contribution in [2.45, 2.75) is 13.3 Å². The molecule has 1 aromatic carbocycles. The van der Waals surface area contributed by atoms with E-state index in [9.17, 15) is 0 Å². The maximum atomic E-state index is 5.98. The molecule has 1 aromatic heterocycles. The van der Waals surface area contributed by atoms with Crippen molar-refractivity contribution >= 4 is 23.2 Å². The average molecular weight is 282 g/mol. The van der Waals surface area contributed by atoms with Gasteiger partial charge in [-0.2, -0.15) is 0 Å². The van der Waals surface area contributed by atoms with Crippen LogP contribution in [-0.2, 0) is 6.42 Å². The first kappa shape index (κ1) is 13.3. The second kappa shape index (κ2) is 5.65. The van der Waals surface area contributed by atoms with Crippen LogP contribution in [0.1, 0.15) is 11.4 Å². The largest absolute Gasteiger partial charge is 0.330 e. The lowest BCUT2D eigenvalue weighted by Crippen LogP contribution is -2.06. The number of aryl methyl sites for hydroxylation is 1. The normalized spacial score (nSPS) is 10.7. The third-order valence-corrected chi connectivity index (χ3v) is 2.86. The summed E-state index contributed by atoms with van der Waals surface area (Å²) in [4.78, 5) is 8.87. The SMILES string of the molecule is Cc1cc(CCN)nc(-c2cc(Cl)cc(Cl)c2)n1. The Morgan fingerprint density at radius 2 is 1.72 bits per heavy atom. The summed E-state index contributed by atoms with van der Waals surface area (Å²) >= 11 is 12.0. The fraction of sp³-hybridized carbons (Fsp3) is 0.231. The van der Waals surface area contributed by atoms with Gasteiger partial charge in [-0.25, -0.2) is 9.97 Å². The van der Waals surface area contributed by atoms with Crippen LogP contribution in [0, 0.1) is 6.92 Å². The average Bonchev–Trinajstić information content (AvgIpc) is 2.27. The Kier molecular flexibility index (Phi) is 4.17. The second-order valence-electron chi connectivity index (χ2n) is 4.02. The van der Waals surface area contributed by atoms with Gasteiger partial charge in [-0.15, -0.1) is 0 Å². The van der Waals surface area contributed by atoms with Crippen molar-refractivity contribution in [3.05, 3.63) is 45.7 Å². The van der Waals surface area contributed by atoms with Crippen LogP contribution < -0.4 is 5.73 Å². The minimum absolute atomic E-state index is 0.562. The summed E-state index contributed by atoms with van der Waals surface area (Å²) in [6, 6.07) is 7.22. The summed E-state index contributed by atoms with van der Waals surface area (Å²) in [6.07, 6.45) is 0.727. The molecular formula is C13H13Cl2N3. The summed E-state index contributed by atoms with van der Waals surface area (Å²) in [5, 5.41) is 1.14. The highest BCUT2D eigenvalue weighted by atomic mass is 35.5. The van der Waals surface area contributed by atoms with Crippen molar-refractivity contribution in [3.63, 3.8) is 0 Å². The summed E-state index contributed by atoms with van der Waals surface area (Å²) < 4.78 is 0. The molecule has 0 atom stereocenters. The van der Waals surface area contributed by atoms with Gasteiger partial charge < -0.3 is 5.73 Å². The molecule has 0 aliphatic heterocycles. The van der Waals surface area contributed by atoms with Crippen LogP contribution in [0.4, 0.5) is 0 Å². The van der Waals surface area contributed by atoms with Crippen LogP contribution in [-0.4, -0.2) is 16.5 Å². The molecule has 0 unspecified atom stereocenters. The molecule has 18 heavy (non-hydrogen) atoms. The fourth-order valence-corrected chi connectivity index (χ4v) is 2.25. The van der Waals surface area contributed by atoms with Gasteiger partial charge in [0.05, 0.1) is 0 Å². The minimum atomic E-state index is 0.562. The Hall–Kier alpha value is -1.16. The number of rotatable bonds is 3. The number of halogens is 2. The third-order valence-electron chi connectivity index (χ3n) is 2.43. The lowest BCUT2D eigenvalue weighted by Gasteiger charge is -2.06. The van der Waals surface area contributed by atoms with Gasteiger partial charge in [0.2, 0.25) is 0 Å². The number of nitrogens with two attached hydrogens (primary N) is 1. The zero-order valence-corrected chi connectivity index (χ0v) is 11.5. The molecule has 1 heterocycles. The highest BCUT2D eigenvalue weighted by molar-refractivity contribution is 6.35. The van der Waals surface area contributed by atoms with Crippen LogP contribution in [0.25, 0.3) is 11.4 Å². The predicted octanol–water partition coefficient (Wildman–Crippen LogP) is 3.26. The summed E-state index contributed by atoms with van der Waals surface area (Å²) in [7, 11) is 0. The Morgan fingerprint density at radius 3 is 2.33 bits per heavy atom. The monoisotopic (exact) mass is 281 g/mol. The number of aromatic nitrogens is 2. The van der Waals surface area contributed by atoms with Crippen LogP contribution in [0.15, 0.2) is 24.3 Å². The molecule has 2 rings (SSSR count). The lowest BCUT2D eigenvalue weighted by atomic mass is 10.2. The summed E-state index contributed by atoms with van der Waals surface area (Å²) in [6.45, 7) is 2.49. The Labute approximate surface area is 116 Å². The van der Waals surface area contributed by atoms with E-state index in [-0.39, 0.29) is 0 Å². The molecule has 0 radical (unpaired) electrons. The van der Waals surface area contributed by atoms with E-state index in [0.717, 1.165) is 23.4 Å². The molecule has 0 aliphatic rings. The molecule has 0 fully saturated rings. The first-order valence-corrected chi connectivity index (χ1v) is 6.35. The molecule has 0 amide bonds. The van der Waals surface area contributed by atoms with Crippen molar-refractivity contribution < 1.29 is 0 Å². The van der Waals surface area contributed by atoms with Crippen LogP contribution in [0.5, 0.6) is 0 Å². The second-order valence-corrected chi connectivity index (χ2v) is 4.89. The van der Waals surface area contributed by atoms with Gasteiger partial charge in [0.15, 0.2) is 5.82 Å². The minimum Gasteiger partial charge on any atom is -0.330 e. The number of hydrogen-bond acceptors (Lipinski definition) is 3.